The molecule has 21 heavy (non-hydrogen) atoms. The van der Waals surface area contributed by atoms with Crippen LogP contribution in [0.4, 0.5) is 0 Å². The second-order valence-electron chi connectivity index (χ2n) is 5.32. The van der Waals surface area contributed by atoms with E-state index in [9.17, 15) is 5.26 Å². The van der Waals surface area contributed by atoms with E-state index in [1.165, 1.54) is 0 Å². The van der Waals surface area contributed by atoms with Gasteiger partial charge in [-0.15, -0.1) is 0 Å². The van der Waals surface area contributed by atoms with Crippen molar-refractivity contribution < 1.29 is 4.74 Å². The maximum Gasteiger partial charge on any atom is 0.133 e. The smallest absolute Gasteiger partial charge is 0.133 e. The van der Waals surface area contributed by atoms with Gasteiger partial charge in [-0.1, -0.05) is 42.5 Å². The molecule has 2 aromatic rings. The van der Waals surface area contributed by atoms with Crippen molar-refractivity contribution in [3.05, 3.63) is 65.2 Å². The fourth-order valence-corrected chi connectivity index (χ4v) is 2.19. The molecule has 0 aromatic heterocycles. The Kier molecular flexibility index (Phi) is 4.62. The third-order valence-electron chi connectivity index (χ3n) is 3.59. The van der Waals surface area contributed by atoms with Crippen LogP contribution in [-0.2, 0) is 5.54 Å². The lowest BCUT2D eigenvalue weighted by molar-refractivity contribution is 0.279. The molecule has 2 N–H and O–H groups in total. The Balaban J connectivity index is 2.05. The van der Waals surface area contributed by atoms with E-state index in [0.29, 0.717) is 13.0 Å². The molecule has 0 saturated carbocycles. The van der Waals surface area contributed by atoms with E-state index in [1.54, 1.807) is 0 Å². The first-order valence-corrected chi connectivity index (χ1v) is 7.01. The maximum absolute atomic E-state index is 9.40. The van der Waals surface area contributed by atoms with Gasteiger partial charge in [-0.25, -0.2) is 0 Å². The highest BCUT2D eigenvalue weighted by atomic mass is 16.5. The van der Waals surface area contributed by atoms with Crippen molar-refractivity contribution in [1.82, 2.24) is 0 Å². The molecule has 0 heterocycles. The molecule has 108 valence electrons. The van der Waals surface area contributed by atoms with Gasteiger partial charge in [-0.2, -0.15) is 5.26 Å². The highest BCUT2D eigenvalue weighted by molar-refractivity contribution is 5.36. The van der Waals surface area contributed by atoms with Gasteiger partial charge in [-0.3, -0.25) is 0 Å². The second kappa shape index (κ2) is 6.43. The zero-order valence-corrected chi connectivity index (χ0v) is 12.5. The van der Waals surface area contributed by atoms with Crippen LogP contribution in [0.1, 0.15) is 23.1 Å². The van der Waals surface area contributed by atoms with Gasteiger partial charge in [0.05, 0.1) is 12.7 Å². The molecule has 0 bridgehead atoms. The van der Waals surface area contributed by atoms with Crippen LogP contribution in [0.15, 0.2) is 48.5 Å². The molecule has 3 heteroatoms. The van der Waals surface area contributed by atoms with Crippen molar-refractivity contribution in [3.8, 4) is 11.8 Å². The normalized spacial score (nSPS) is 13.2. The average molecular weight is 280 g/mol. The molecule has 0 saturated heterocycles. The van der Waals surface area contributed by atoms with Crippen LogP contribution in [0.2, 0.25) is 0 Å². The topological polar surface area (TPSA) is 59.0 Å². The summed E-state index contributed by atoms with van der Waals surface area (Å²) in [5, 5.41) is 9.40. The summed E-state index contributed by atoms with van der Waals surface area (Å²) in [6.07, 6.45) is 0.445. The van der Waals surface area contributed by atoms with E-state index in [-0.39, 0.29) is 0 Å². The average Bonchev–Trinajstić information content (AvgIpc) is 2.51. The number of benzene rings is 2. The molecular formula is C18H20N2O. The van der Waals surface area contributed by atoms with Gasteiger partial charge in [0.25, 0.3) is 0 Å². The van der Waals surface area contributed by atoms with Crippen molar-refractivity contribution >= 4 is 0 Å². The van der Waals surface area contributed by atoms with Crippen LogP contribution in [0, 0.1) is 25.2 Å². The third-order valence-corrected chi connectivity index (χ3v) is 3.59. The predicted molar refractivity (Wildman–Crippen MR) is 83.9 cm³/mol. The summed E-state index contributed by atoms with van der Waals surface area (Å²) in [6.45, 7) is 4.44. The van der Waals surface area contributed by atoms with E-state index in [4.69, 9.17) is 10.5 Å². The van der Waals surface area contributed by atoms with Gasteiger partial charge in [0.2, 0.25) is 0 Å². The molecule has 2 aromatic carbocycles. The van der Waals surface area contributed by atoms with Gasteiger partial charge in [-0.05, 0) is 36.6 Å². The molecule has 1 unspecified atom stereocenters. The largest absolute Gasteiger partial charge is 0.493 e. The van der Waals surface area contributed by atoms with Crippen molar-refractivity contribution in [1.29, 1.82) is 5.26 Å². The Labute approximate surface area is 126 Å². The molecular weight excluding hydrogens is 260 g/mol. The van der Waals surface area contributed by atoms with Gasteiger partial charge in [0.1, 0.15) is 11.3 Å². The lowest BCUT2D eigenvalue weighted by Crippen LogP contribution is -2.36. The van der Waals surface area contributed by atoms with E-state index in [0.717, 1.165) is 22.4 Å². The number of ether oxygens (including phenoxy) is 1. The molecule has 0 aliphatic rings. The first-order valence-electron chi connectivity index (χ1n) is 7.01. The SMILES string of the molecule is Cc1ccc(C)c(OCCC(N)(C#N)c2ccccc2)c1. The van der Waals surface area contributed by atoms with Crippen molar-refractivity contribution in [2.75, 3.05) is 6.61 Å². The number of rotatable bonds is 5. The van der Waals surface area contributed by atoms with E-state index < -0.39 is 5.54 Å². The summed E-state index contributed by atoms with van der Waals surface area (Å²) in [6, 6.07) is 17.7. The first kappa shape index (κ1) is 15.1. The predicted octanol–water partition coefficient (Wildman–Crippen LogP) is 3.45. The van der Waals surface area contributed by atoms with Gasteiger partial charge >= 0.3 is 0 Å². The second-order valence-corrected chi connectivity index (χ2v) is 5.32. The van der Waals surface area contributed by atoms with Crippen molar-refractivity contribution in [2.24, 2.45) is 5.73 Å². The number of nitrogens with two attached hydrogens (primary N) is 1. The Bertz CT molecular complexity index is 646. The highest BCUT2D eigenvalue weighted by Crippen LogP contribution is 2.23. The number of hydrogen-bond acceptors (Lipinski definition) is 3. The van der Waals surface area contributed by atoms with Crippen LogP contribution < -0.4 is 10.5 Å². The molecule has 0 aliphatic carbocycles. The number of nitriles is 1. The standard InChI is InChI=1S/C18H20N2O/c1-14-8-9-15(2)17(12-14)21-11-10-18(20,13-19)16-6-4-3-5-7-16/h3-9,12H,10-11,20H2,1-2H3. The van der Waals surface area contributed by atoms with Crippen molar-refractivity contribution in [3.63, 3.8) is 0 Å². The quantitative estimate of drug-likeness (QED) is 0.912. The fourth-order valence-electron chi connectivity index (χ4n) is 2.19. The Morgan fingerprint density at radius 1 is 1.14 bits per heavy atom. The fraction of sp³-hybridized carbons (Fsp3) is 0.278. The van der Waals surface area contributed by atoms with Crippen LogP contribution >= 0.6 is 0 Å². The van der Waals surface area contributed by atoms with Gasteiger partial charge in [0.15, 0.2) is 0 Å². The summed E-state index contributed by atoms with van der Waals surface area (Å²) >= 11 is 0. The molecule has 0 fully saturated rings. The van der Waals surface area contributed by atoms with E-state index in [1.807, 2.05) is 56.3 Å². The summed E-state index contributed by atoms with van der Waals surface area (Å²) in [5.74, 6) is 0.850. The Morgan fingerprint density at radius 3 is 2.52 bits per heavy atom. The zero-order chi connectivity index (χ0) is 15.3. The number of aryl methyl sites for hydroxylation is 2. The molecule has 1 atom stereocenters. The summed E-state index contributed by atoms with van der Waals surface area (Å²) in [7, 11) is 0. The molecule has 0 spiro atoms. The molecule has 0 aliphatic heterocycles. The minimum Gasteiger partial charge on any atom is -0.493 e. The van der Waals surface area contributed by atoms with Crippen LogP contribution in [0.25, 0.3) is 0 Å². The molecule has 0 radical (unpaired) electrons. The maximum atomic E-state index is 9.40. The summed E-state index contributed by atoms with van der Waals surface area (Å²) in [4.78, 5) is 0. The Morgan fingerprint density at radius 2 is 1.86 bits per heavy atom. The molecule has 0 amide bonds. The zero-order valence-electron chi connectivity index (χ0n) is 12.5. The monoisotopic (exact) mass is 280 g/mol. The van der Waals surface area contributed by atoms with Crippen LogP contribution in [0.5, 0.6) is 5.75 Å². The lowest BCUT2D eigenvalue weighted by atomic mass is 9.89. The first-order chi connectivity index (χ1) is 10.0. The molecule has 3 nitrogen and oxygen atoms in total. The third kappa shape index (κ3) is 3.62. The minimum absolute atomic E-state index is 0.406. The van der Waals surface area contributed by atoms with Gasteiger partial charge < -0.3 is 10.5 Å². The van der Waals surface area contributed by atoms with E-state index in [2.05, 4.69) is 12.1 Å². The Hall–Kier alpha value is -2.31. The van der Waals surface area contributed by atoms with E-state index >= 15 is 0 Å². The van der Waals surface area contributed by atoms with Crippen molar-refractivity contribution in [2.45, 2.75) is 25.8 Å². The summed E-state index contributed by atoms with van der Waals surface area (Å²) in [5.41, 5.74) is 8.25. The molecule has 2 rings (SSSR count). The number of hydrogen-bond donors (Lipinski definition) is 1. The summed E-state index contributed by atoms with van der Waals surface area (Å²) < 4.78 is 5.81. The van der Waals surface area contributed by atoms with Gasteiger partial charge in [0, 0.05) is 6.42 Å². The lowest BCUT2D eigenvalue weighted by Gasteiger charge is -2.22. The minimum atomic E-state index is -1.01. The number of nitrogens with zero attached hydrogens (tertiary/aromatic N) is 1. The van der Waals surface area contributed by atoms with Crippen LogP contribution in [-0.4, -0.2) is 6.61 Å². The highest BCUT2D eigenvalue weighted by Gasteiger charge is 2.26. The van der Waals surface area contributed by atoms with Crippen LogP contribution in [0.3, 0.4) is 0 Å².